The Bertz CT molecular complexity index is 111. The third-order valence-corrected chi connectivity index (χ3v) is 1.65. The fourth-order valence-corrected chi connectivity index (χ4v) is 0.771. The maximum Gasteiger partial charge on any atom is 0.422 e. The lowest BCUT2D eigenvalue weighted by Crippen LogP contribution is -2.46. The van der Waals surface area contributed by atoms with Gasteiger partial charge in [-0.05, 0) is 19.3 Å². The molecule has 0 amide bonds. The highest BCUT2D eigenvalue weighted by molar-refractivity contribution is 4.94. The summed E-state index contributed by atoms with van der Waals surface area (Å²) in [6, 6.07) is 0. The highest BCUT2D eigenvalue weighted by Gasteiger charge is 2.59. The van der Waals surface area contributed by atoms with E-state index < -0.39 is 11.8 Å². The molecule has 1 aliphatic rings. The lowest BCUT2D eigenvalue weighted by atomic mass is 9.81. The standard InChI is InChI=1S/C5H6F4/c6-4(2-1-3-4)5(7,8)9/h1-3H2. The Morgan fingerprint density at radius 3 is 1.56 bits per heavy atom. The van der Waals surface area contributed by atoms with Crippen molar-refractivity contribution in [2.75, 3.05) is 0 Å². The van der Waals surface area contributed by atoms with Crippen molar-refractivity contribution in [1.29, 1.82) is 0 Å². The first kappa shape index (κ1) is 6.83. The van der Waals surface area contributed by atoms with Gasteiger partial charge in [-0.15, -0.1) is 0 Å². The molecule has 0 N–H and O–H groups in total. The second-order valence-corrected chi connectivity index (χ2v) is 2.32. The topological polar surface area (TPSA) is 0 Å². The monoisotopic (exact) mass is 142 g/mol. The fourth-order valence-electron chi connectivity index (χ4n) is 0.771. The summed E-state index contributed by atoms with van der Waals surface area (Å²) in [5.74, 6) is 0. The minimum absolute atomic E-state index is 0.351. The molecule has 0 saturated heterocycles. The summed E-state index contributed by atoms with van der Waals surface area (Å²) < 4.78 is 46.8. The normalized spacial score (nSPS) is 25.3. The van der Waals surface area contributed by atoms with Crippen molar-refractivity contribution in [2.45, 2.75) is 31.1 Å². The van der Waals surface area contributed by atoms with E-state index in [1.165, 1.54) is 0 Å². The minimum Gasteiger partial charge on any atom is -0.234 e. The Morgan fingerprint density at radius 2 is 1.56 bits per heavy atom. The maximum atomic E-state index is 12.3. The summed E-state index contributed by atoms with van der Waals surface area (Å²) in [5, 5.41) is 0. The van der Waals surface area contributed by atoms with Crippen molar-refractivity contribution in [1.82, 2.24) is 0 Å². The van der Waals surface area contributed by atoms with Crippen LogP contribution >= 0.6 is 0 Å². The summed E-state index contributed by atoms with van der Waals surface area (Å²) in [6.07, 6.45) is -4.98. The van der Waals surface area contributed by atoms with Crippen LogP contribution in [-0.2, 0) is 0 Å². The molecule has 4 heteroatoms. The van der Waals surface area contributed by atoms with Crippen LogP contribution in [0.2, 0.25) is 0 Å². The molecule has 0 aromatic rings. The molecule has 9 heavy (non-hydrogen) atoms. The SMILES string of the molecule is FC(F)(F)C1(F)CCC1. The number of halogens is 4. The molecule has 1 fully saturated rings. The zero-order valence-electron chi connectivity index (χ0n) is 4.63. The molecule has 0 aromatic heterocycles. The maximum absolute atomic E-state index is 12.3. The summed E-state index contributed by atoms with van der Waals surface area (Å²) in [4.78, 5) is 0. The Morgan fingerprint density at radius 1 is 1.11 bits per heavy atom. The van der Waals surface area contributed by atoms with Crippen LogP contribution in [-0.4, -0.2) is 11.8 Å². The van der Waals surface area contributed by atoms with E-state index in [-0.39, 0.29) is 12.8 Å². The summed E-state index contributed by atoms with van der Waals surface area (Å²) in [6.45, 7) is 0. The lowest BCUT2D eigenvalue weighted by Gasteiger charge is -2.35. The number of rotatable bonds is 0. The molecule has 0 aromatic carbocycles. The largest absolute Gasteiger partial charge is 0.422 e. The third-order valence-electron chi connectivity index (χ3n) is 1.65. The molecule has 0 spiro atoms. The quantitative estimate of drug-likeness (QED) is 0.455. The second-order valence-electron chi connectivity index (χ2n) is 2.32. The van der Waals surface area contributed by atoms with Crippen LogP contribution in [0.1, 0.15) is 19.3 Å². The Kier molecular flexibility index (Phi) is 1.22. The van der Waals surface area contributed by atoms with E-state index in [0.29, 0.717) is 6.42 Å². The van der Waals surface area contributed by atoms with Gasteiger partial charge in [0.05, 0.1) is 0 Å². The van der Waals surface area contributed by atoms with Crippen molar-refractivity contribution in [3.8, 4) is 0 Å². The van der Waals surface area contributed by atoms with Crippen LogP contribution in [0.15, 0.2) is 0 Å². The van der Waals surface area contributed by atoms with Gasteiger partial charge in [0.2, 0.25) is 5.67 Å². The fraction of sp³-hybridized carbons (Fsp3) is 1.00. The Labute approximate surface area is 49.9 Å². The van der Waals surface area contributed by atoms with Crippen molar-refractivity contribution in [3.05, 3.63) is 0 Å². The molecule has 0 atom stereocenters. The molecule has 0 nitrogen and oxygen atoms in total. The molecule has 0 bridgehead atoms. The van der Waals surface area contributed by atoms with E-state index in [9.17, 15) is 17.6 Å². The summed E-state index contributed by atoms with van der Waals surface area (Å²) in [7, 11) is 0. The zero-order valence-corrected chi connectivity index (χ0v) is 4.63. The molecular formula is C5H6F4. The van der Waals surface area contributed by atoms with Crippen molar-refractivity contribution in [3.63, 3.8) is 0 Å². The molecule has 1 saturated carbocycles. The van der Waals surface area contributed by atoms with Gasteiger partial charge in [-0.3, -0.25) is 0 Å². The van der Waals surface area contributed by atoms with E-state index in [1.807, 2.05) is 0 Å². The van der Waals surface area contributed by atoms with Crippen LogP contribution < -0.4 is 0 Å². The molecule has 0 unspecified atom stereocenters. The van der Waals surface area contributed by atoms with Crippen LogP contribution in [0, 0.1) is 0 Å². The number of alkyl halides is 4. The Hall–Kier alpha value is -0.280. The summed E-state index contributed by atoms with van der Waals surface area (Å²) in [5.41, 5.74) is -2.84. The van der Waals surface area contributed by atoms with E-state index in [4.69, 9.17) is 0 Å². The summed E-state index contributed by atoms with van der Waals surface area (Å²) >= 11 is 0. The van der Waals surface area contributed by atoms with Crippen molar-refractivity contribution >= 4 is 0 Å². The van der Waals surface area contributed by atoms with Crippen LogP contribution in [0.5, 0.6) is 0 Å². The second kappa shape index (κ2) is 1.61. The van der Waals surface area contributed by atoms with Gasteiger partial charge >= 0.3 is 6.18 Å². The lowest BCUT2D eigenvalue weighted by molar-refractivity contribution is -0.254. The van der Waals surface area contributed by atoms with Crippen molar-refractivity contribution in [2.24, 2.45) is 0 Å². The van der Waals surface area contributed by atoms with Crippen LogP contribution in [0.4, 0.5) is 17.6 Å². The average Bonchev–Trinajstić information content (AvgIpc) is 1.57. The van der Waals surface area contributed by atoms with E-state index in [1.54, 1.807) is 0 Å². The average molecular weight is 142 g/mol. The zero-order chi connectivity index (χ0) is 7.12. The molecular weight excluding hydrogens is 136 g/mol. The highest BCUT2D eigenvalue weighted by Crippen LogP contribution is 2.48. The predicted octanol–water partition coefficient (Wildman–Crippen LogP) is 2.44. The van der Waals surface area contributed by atoms with E-state index >= 15 is 0 Å². The van der Waals surface area contributed by atoms with Crippen LogP contribution in [0.25, 0.3) is 0 Å². The molecule has 54 valence electrons. The van der Waals surface area contributed by atoms with Gasteiger partial charge in [-0.1, -0.05) is 0 Å². The van der Waals surface area contributed by atoms with E-state index in [2.05, 4.69) is 0 Å². The van der Waals surface area contributed by atoms with Gasteiger partial charge in [-0.25, -0.2) is 4.39 Å². The van der Waals surface area contributed by atoms with Crippen molar-refractivity contribution < 1.29 is 17.6 Å². The predicted molar refractivity (Wildman–Crippen MR) is 23.7 cm³/mol. The highest BCUT2D eigenvalue weighted by atomic mass is 19.4. The van der Waals surface area contributed by atoms with Crippen LogP contribution in [0.3, 0.4) is 0 Å². The smallest absolute Gasteiger partial charge is 0.234 e. The van der Waals surface area contributed by atoms with Gasteiger partial charge in [0.15, 0.2) is 0 Å². The molecule has 1 rings (SSSR count). The number of hydrogen-bond acceptors (Lipinski definition) is 0. The van der Waals surface area contributed by atoms with E-state index in [0.717, 1.165) is 0 Å². The molecule has 0 heterocycles. The Balaban J connectivity index is 2.59. The van der Waals surface area contributed by atoms with Gasteiger partial charge in [0, 0.05) is 0 Å². The first-order chi connectivity index (χ1) is 3.96. The third kappa shape index (κ3) is 0.904. The number of hydrogen-bond donors (Lipinski definition) is 0. The first-order valence-electron chi connectivity index (χ1n) is 2.71. The van der Waals surface area contributed by atoms with Gasteiger partial charge < -0.3 is 0 Å². The van der Waals surface area contributed by atoms with Gasteiger partial charge in [0.1, 0.15) is 0 Å². The van der Waals surface area contributed by atoms with Gasteiger partial charge in [0.25, 0.3) is 0 Å². The minimum atomic E-state index is -4.63. The molecule has 0 radical (unpaired) electrons. The first-order valence-corrected chi connectivity index (χ1v) is 2.71. The van der Waals surface area contributed by atoms with Gasteiger partial charge in [-0.2, -0.15) is 13.2 Å². The molecule has 0 aliphatic heterocycles. The molecule has 1 aliphatic carbocycles.